The lowest BCUT2D eigenvalue weighted by molar-refractivity contribution is 0.561. The maximum absolute atomic E-state index is 12.7. The summed E-state index contributed by atoms with van der Waals surface area (Å²) in [6, 6.07) is 5.75. The molecule has 1 aromatic carbocycles. The number of H-pyrrole nitrogens is 1. The van der Waals surface area contributed by atoms with Crippen molar-refractivity contribution in [1.82, 2.24) is 25.0 Å². The maximum atomic E-state index is 12.7. The van der Waals surface area contributed by atoms with Crippen LogP contribution in [0.15, 0.2) is 39.9 Å². The van der Waals surface area contributed by atoms with Gasteiger partial charge >= 0.3 is 0 Å². The standard InChI is InChI=1S/C20H19ClN6O2/c1-10-8-22-26-27(10)18-9-29-20(25-18)23-11(2)14-5-13-6-16(21)15(12-3-4-12)7-17(13)24-19(14)28/h5-9,11-12H,3-4H2,1-2H3,(H,23,25)(H,24,28)/t11-/m0/s1. The molecule has 1 aliphatic carbocycles. The van der Waals surface area contributed by atoms with E-state index < -0.39 is 0 Å². The van der Waals surface area contributed by atoms with E-state index in [-0.39, 0.29) is 11.6 Å². The summed E-state index contributed by atoms with van der Waals surface area (Å²) >= 11 is 6.46. The monoisotopic (exact) mass is 410 g/mol. The molecular formula is C20H19ClN6O2. The molecule has 0 amide bonds. The van der Waals surface area contributed by atoms with Crippen molar-refractivity contribution in [3.8, 4) is 5.82 Å². The molecule has 0 spiro atoms. The number of aromatic nitrogens is 5. The van der Waals surface area contributed by atoms with Gasteiger partial charge in [-0.05, 0) is 56.4 Å². The number of benzene rings is 1. The number of rotatable bonds is 5. The Morgan fingerprint density at radius 3 is 2.90 bits per heavy atom. The third-order valence-electron chi connectivity index (χ3n) is 5.24. The fourth-order valence-corrected chi connectivity index (χ4v) is 3.82. The van der Waals surface area contributed by atoms with Crippen LogP contribution in [-0.4, -0.2) is 25.0 Å². The largest absolute Gasteiger partial charge is 0.430 e. The van der Waals surface area contributed by atoms with Crippen molar-refractivity contribution in [2.75, 3.05) is 5.32 Å². The lowest BCUT2D eigenvalue weighted by atomic mass is 10.0. The summed E-state index contributed by atoms with van der Waals surface area (Å²) < 4.78 is 7.06. The number of anilines is 1. The first-order valence-corrected chi connectivity index (χ1v) is 9.83. The molecule has 0 bridgehead atoms. The molecule has 4 aromatic rings. The van der Waals surface area contributed by atoms with Crippen LogP contribution < -0.4 is 10.9 Å². The number of aromatic amines is 1. The summed E-state index contributed by atoms with van der Waals surface area (Å²) in [5, 5.41) is 12.6. The fourth-order valence-electron chi connectivity index (χ4n) is 3.49. The van der Waals surface area contributed by atoms with Crippen LogP contribution in [0.2, 0.25) is 5.02 Å². The highest BCUT2D eigenvalue weighted by atomic mass is 35.5. The van der Waals surface area contributed by atoms with Crippen molar-refractivity contribution in [3.63, 3.8) is 0 Å². The van der Waals surface area contributed by atoms with E-state index in [4.69, 9.17) is 16.0 Å². The molecule has 1 saturated carbocycles. The topological polar surface area (TPSA) is 102 Å². The summed E-state index contributed by atoms with van der Waals surface area (Å²) in [7, 11) is 0. The average Bonchev–Trinajstić information content (AvgIpc) is 3.28. The van der Waals surface area contributed by atoms with Crippen molar-refractivity contribution in [2.45, 2.75) is 38.6 Å². The Morgan fingerprint density at radius 1 is 1.34 bits per heavy atom. The second-order valence-electron chi connectivity index (χ2n) is 7.45. The minimum Gasteiger partial charge on any atom is -0.430 e. The van der Waals surface area contributed by atoms with Crippen LogP contribution in [0, 0.1) is 6.92 Å². The van der Waals surface area contributed by atoms with Crippen LogP contribution in [0.1, 0.15) is 48.5 Å². The van der Waals surface area contributed by atoms with Gasteiger partial charge in [-0.15, -0.1) is 5.10 Å². The van der Waals surface area contributed by atoms with Gasteiger partial charge in [0.05, 0.1) is 17.9 Å². The third kappa shape index (κ3) is 3.29. The van der Waals surface area contributed by atoms with E-state index in [1.54, 1.807) is 10.9 Å². The normalized spacial score (nSPS) is 15.0. The number of fused-ring (bicyclic) bond motifs is 1. The number of hydrogen-bond acceptors (Lipinski definition) is 6. The molecule has 3 heterocycles. The minimum absolute atomic E-state index is 0.152. The molecule has 0 saturated heterocycles. The Kier molecular flexibility index (Phi) is 4.16. The zero-order chi connectivity index (χ0) is 20.1. The summed E-state index contributed by atoms with van der Waals surface area (Å²) in [6.07, 6.45) is 5.43. The van der Waals surface area contributed by atoms with Crippen LogP contribution in [-0.2, 0) is 0 Å². The molecule has 1 atom stereocenters. The highest BCUT2D eigenvalue weighted by Crippen LogP contribution is 2.44. The van der Waals surface area contributed by atoms with Gasteiger partial charge in [0.25, 0.3) is 11.6 Å². The van der Waals surface area contributed by atoms with Crippen LogP contribution in [0.3, 0.4) is 0 Å². The summed E-state index contributed by atoms with van der Waals surface area (Å²) in [5.41, 5.74) is 3.18. The van der Waals surface area contributed by atoms with Gasteiger partial charge < -0.3 is 14.7 Å². The van der Waals surface area contributed by atoms with Crippen LogP contribution in [0.4, 0.5) is 6.01 Å². The number of hydrogen-bond donors (Lipinski definition) is 2. The van der Waals surface area contributed by atoms with Crippen LogP contribution in [0.5, 0.6) is 0 Å². The molecular weight excluding hydrogens is 392 g/mol. The van der Waals surface area contributed by atoms with Crippen molar-refractivity contribution >= 4 is 28.5 Å². The maximum Gasteiger partial charge on any atom is 0.297 e. The SMILES string of the molecule is Cc1cnnn1-c1coc(N[C@@H](C)c2cc3cc(Cl)c(C4CC4)cc3[nH]c2=O)n1. The Balaban J connectivity index is 1.43. The van der Waals surface area contributed by atoms with Crippen LogP contribution in [0.25, 0.3) is 16.7 Å². The van der Waals surface area contributed by atoms with E-state index in [2.05, 4.69) is 25.6 Å². The third-order valence-corrected chi connectivity index (χ3v) is 5.57. The van der Waals surface area contributed by atoms with Gasteiger partial charge in [-0.3, -0.25) is 4.79 Å². The molecule has 3 aromatic heterocycles. The smallest absolute Gasteiger partial charge is 0.297 e. The zero-order valence-corrected chi connectivity index (χ0v) is 16.7. The molecule has 5 rings (SSSR count). The molecule has 0 aliphatic heterocycles. The van der Waals surface area contributed by atoms with Crippen molar-refractivity contribution in [3.05, 3.63) is 62.9 Å². The highest BCUT2D eigenvalue weighted by molar-refractivity contribution is 6.32. The lowest BCUT2D eigenvalue weighted by Crippen LogP contribution is -2.19. The average molecular weight is 411 g/mol. The van der Waals surface area contributed by atoms with E-state index in [9.17, 15) is 4.79 Å². The first-order chi connectivity index (χ1) is 14.0. The van der Waals surface area contributed by atoms with E-state index in [0.29, 0.717) is 23.3 Å². The van der Waals surface area contributed by atoms with Gasteiger partial charge in [0.2, 0.25) is 0 Å². The molecule has 1 aliphatic rings. The number of nitrogens with one attached hydrogen (secondary N) is 2. The van der Waals surface area contributed by atoms with E-state index in [0.717, 1.165) is 40.0 Å². The Hall–Kier alpha value is -3.13. The number of nitrogens with zero attached hydrogens (tertiary/aromatic N) is 4. The zero-order valence-electron chi connectivity index (χ0n) is 15.9. The van der Waals surface area contributed by atoms with Gasteiger partial charge in [0.1, 0.15) is 6.26 Å². The number of pyridine rings is 1. The molecule has 2 N–H and O–H groups in total. The molecule has 148 valence electrons. The molecule has 29 heavy (non-hydrogen) atoms. The van der Waals surface area contributed by atoms with Gasteiger partial charge in [-0.25, -0.2) is 0 Å². The fraction of sp³-hybridized carbons (Fsp3) is 0.300. The highest BCUT2D eigenvalue weighted by Gasteiger charge is 2.26. The molecule has 9 heteroatoms. The molecule has 1 fully saturated rings. The predicted octanol–water partition coefficient (Wildman–Crippen LogP) is 4.11. The number of oxazole rings is 1. The summed E-state index contributed by atoms with van der Waals surface area (Å²) in [5.74, 6) is 1.03. The van der Waals surface area contributed by atoms with Crippen LogP contribution >= 0.6 is 11.6 Å². The Labute approximate surface area is 170 Å². The van der Waals surface area contributed by atoms with E-state index in [1.807, 2.05) is 32.0 Å². The second kappa shape index (κ2) is 6.73. The van der Waals surface area contributed by atoms with Gasteiger partial charge in [-0.2, -0.15) is 9.67 Å². The first kappa shape index (κ1) is 17.9. The van der Waals surface area contributed by atoms with Crippen molar-refractivity contribution < 1.29 is 4.42 Å². The predicted molar refractivity (Wildman–Crippen MR) is 110 cm³/mol. The summed E-state index contributed by atoms with van der Waals surface area (Å²) in [4.78, 5) is 20.0. The Bertz CT molecular complexity index is 1270. The first-order valence-electron chi connectivity index (χ1n) is 9.45. The summed E-state index contributed by atoms with van der Waals surface area (Å²) in [6.45, 7) is 3.75. The quantitative estimate of drug-likeness (QED) is 0.513. The van der Waals surface area contributed by atoms with Gasteiger partial charge in [-0.1, -0.05) is 16.8 Å². The van der Waals surface area contributed by atoms with E-state index in [1.165, 1.54) is 6.26 Å². The van der Waals surface area contributed by atoms with E-state index >= 15 is 0 Å². The second-order valence-corrected chi connectivity index (χ2v) is 7.86. The van der Waals surface area contributed by atoms with Crippen molar-refractivity contribution in [1.29, 1.82) is 0 Å². The Morgan fingerprint density at radius 2 is 2.17 bits per heavy atom. The molecule has 8 nitrogen and oxygen atoms in total. The molecule has 0 unspecified atom stereocenters. The minimum atomic E-state index is -0.326. The van der Waals surface area contributed by atoms with Crippen molar-refractivity contribution in [2.24, 2.45) is 0 Å². The van der Waals surface area contributed by atoms with Gasteiger partial charge in [0.15, 0.2) is 5.82 Å². The number of halogens is 1. The van der Waals surface area contributed by atoms with Gasteiger partial charge in [0, 0.05) is 21.5 Å². The lowest BCUT2D eigenvalue weighted by Gasteiger charge is -2.13. The number of aryl methyl sites for hydroxylation is 1. The molecule has 0 radical (unpaired) electrons.